The second kappa shape index (κ2) is 9.81. The number of hydrogen-bond donors (Lipinski definition) is 1. The zero-order valence-corrected chi connectivity index (χ0v) is 15.8. The molecule has 0 amide bonds. The van der Waals surface area contributed by atoms with Gasteiger partial charge < -0.3 is 15.2 Å². The van der Waals surface area contributed by atoms with E-state index in [4.69, 9.17) is 28.9 Å². The minimum atomic E-state index is -0.993. The van der Waals surface area contributed by atoms with Crippen LogP contribution in [0.2, 0.25) is 10.0 Å². The van der Waals surface area contributed by atoms with E-state index >= 15 is 0 Å². The summed E-state index contributed by atoms with van der Waals surface area (Å²) in [4.78, 5) is 31.6. The monoisotopic (exact) mass is 436 g/mol. The summed E-state index contributed by atoms with van der Waals surface area (Å²) >= 11 is 10.9. The fraction of sp³-hybridized carbons (Fsp3) is 0.125. The summed E-state index contributed by atoms with van der Waals surface area (Å²) in [6.07, 6.45) is 0. The van der Waals surface area contributed by atoms with Crippen molar-refractivity contribution >= 4 is 46.5 Å². The van der Waals surface area contributed by atoms with Gasteiger partial charge in [0.05, 0.1) is 35.4 Å². The second-order valence-corrected chi connectivity index (χ2v) is 5.69. The van der Waals surface area contributed by atoms with Gasteiger partial charge in [-0.25, -0.2) is 18.4 Å². The first-order valence-corrected chi connectivity index (χ1v) is 7.83. The zero-order valence-electron chi connectivity index (χ0n) is 14.3. The number of esters is 2. The fourth-order valence-electron chi connectivity index (χ4n) is 1.78. The highest BCUT2D eigenvalue weighted by molar-refractivity contribution is 6.33. The lowest BCUT2D eigenvalue weighted by Gasteiger charge is -2.03. The zero-order chi connectivity index (χ0) is 21.6. The first kappa shape index (κ1) is 23.1. The Morgan fingerprint density at radius 3 is 1.82 bits per heavy atom. The van der Waals surface area contributed by atoms with Gasteiger partial charge in [-0.15, -0.1) is 0 Å². The molecule has 0 unspecified atom stereocenters. The molecule has 0 saturated heterocycles. The summed E-state index contributed by atoms with van der Waals surface area (Å²) in [6, 6.07) is 3.56. The molecule has 2 rings (SSSR count). The van der Waals surface area contributed by atoms with Crippen LogP contribution < -0.4 is 5.73 Å². The van der Waals surface area contributed by atoms with Crippen molar-refractivity contribution < 1.29 is 32.8 Å². The van der Waals surface area contributed by atoms with Gasteiger partial charge in [-0.05, 0) is 12.1 Å². The summed E-state index contributed by atoms with van der Waals surface area (Å²) in [6.45, 7) is 0. The minimum absolute atomic E-state index is 0.0742. The second-order valence-electron chi connectivity index (χ2n) is 4.88. The number of methoxy groups -OCH3 is 2. The predicted molar refractivity (Wildman–Crippen MR) is 96.6 cm³/mol. The number of rotatable bonds is 3. The van der Waals surface area contributed by atoms with Crippen LogP contribution >= 0.6 is 23.2 Å². The van der Waals surface area contributed by atoms with E-state index in [-0.39, 0.29) is 21.3 Å². The van der Waals surface area contributed by atoms with Crippen molar-refractivity contribution in [2.45, 2.75) is 0 Å². The lowest BCUT2D eigenvalue weighted by Crippen LogP contribution is -2.05. The Bertz CT molecular complexity index is 940. The Balaban J connectivity index is 0.000000283. The van der Waals surface area contributed by atoms with Gasteiger partial charge in [0, 0.05) is 12.1 Å². The number of ether oxygens (including phenoxy) is 2. The third-order valence-corrected chi connectivity index (χ3v) is 3.76. The van der Waals surface area contributed by atoms with E-state index in [1.807, 2.05) is 0 Å². The first-order valence-electron chi connectivity index (χ1n) is 7.08. The largest absolute Gasteiger partial charge is 0.465 e. The number of nitrogen functional groups attached to an aromatic ring is 1. The minimum Gasteiger partial charge on any atom is -0.465 e. The van der Waals surface area contributed by atoms with E-state index in [0.717, 1.165) is 32.4 Å². The van der Waals surface area contributed by atoms with Crippen LogP contribution in [0.15, 0.2) is 24.3 Å². The Morgan fingerprint density at radius 2 is 1.39 bits per heavy atom. The number of nitrogens with zero attached hydrogens (tertiary/aromatic N) is 1. The molecule has 2 N–H and O–H groups in total. The number of carbonyl (C=O) groups excluding carboxylic acids is 2. The number of halogens is 4. The molecule has 28 heavy (non-hydrogen) atoms. The van der Waals surface area contributed by atoms with E-state index in [0.29, 0.717) is 6.07 Å². The number of anilines is 1. The van der Waals surface area contributed by atoms with Crippen LogP contribution in [0.5, 0.6) is 0 Å². The summed E-state index contributed by atoms with van der Waals surface area (Å²) in [5.41, 5.74) is 4.24. The summed E-state index contributed by atoms with van der Waals surface area (Å²) in [5.74, 6) is -3.48. The number of hydrogen-bond acceptors (Lipinski definition) is 7. The molecule has 2 aromatic rings. The van der Waals surface area contributed by atoms with Crippen LogP contribution in [0.1, 0.15) is 20.7 Å². The summed E-state index contributed by atoms with van der Waals surface area (Å²) in [5, 5.41) is 10.1. The molecular weight excluding hydrogens is 425 g/mol. The van der Waals surface area contributed by atoms with Crippen LogP contribution in [-0.2, 0) is 9.47 Å². The predicted octanol–water partition coefficient (Wildman–Crippen LogP) is 4.02. The van der Waals surface area contributed by atoms with Gasteiger partial charge in [-0.3, -0.25) is 10.1 Å². The standard InChI is InChI=1S/C8H5ClFNO4.C8H7ClFNO2/c1-15-8(12)4-2-7(11(13)14)5(9)3-6(4)10;1-13-8(12)4-2-7(11)5(9)3-6(4)10/h2-3H,1H3;2-3H,11H2,1H3. The maximum Gasteiger partial charge on any atom is 0.341 e. The van der Waals surface area contributed by atoms with Gasteiger partial charge in [0.15, 0.2) is 0 Å². The molecule has 0 bridgehead atoms. The van der Waals surface area contributed by atoms with E-state index in [1.165, 1.54) is 0 Å². The van der Waals surface area contributed by atoms with E-state index < -0.39 is 39.7 Å². The van der Waals surface area contributed by atoms with Crippen molar-refractivity contribution in [3.05, 3.63) is 67.2 Å². The lowest BCUT2D eigenvalue weighted by molar-refractivity contribution is -0.384. The third kappa shape index (κ3) is 5.51. The number of nitro groups is 1. The molecule has 0 atom stereocenters. The van der Waals surface area contributed by atoms with Crippen LogP contribution in [-0.4, -0.2) is 31.1 Å². The van der Waals surface area contributed by atoms with Crippen molar-refractivity contribution in [3.63, 3.8) is 0 Å². The number of nitrogens with two attached hydrogens (primary N) is 1. The van der Waals surface area contributed by atoms with Crippen molar-refractivity contribution in [1.82, 2.24) is 0 Å². The Morgan fingerprint density at radius 1 is 0.964 bits per heavy atom. The average molecular weight is 437 g/mol. The smallest absolute Gasteiger partial charge is 0.341 e. The fourth-order valence-corrected chi connectivity index (χ4v) is 2.15. The quantitative estimate of drug-likeness (QED) is 0.333. The topological polar surface area (TPSA) is 122 Å². The Hall–Kier alpha value is -2.98. The maximum atomic E-state index is 13.1. The first-order chi connectivity index (χ1) is 13.0. The maximum absolute atomic E-state index is 13.1. The van der Waals surface area contributed by atoms with E-state index in [9.17, 15) is 28.5 Å². The molecule has 12 heteroatoms. The molecule has 150 valence electrons. The molecule has 0 fully saturated rings. The van der Waals surface area contributed by atoms with Gasteiger partial charge in [-0.1, -0.05) is 23.2 Å². The highest BCUT2D eigenvalue weighted by Gasteiger charge is 2.21. The van der Waals surface area contributed by atoms with Crippen molar-refractivity contribution in [1.29, 1.82) is 0 Å². The molecule has 8 nitrogen and oxygen atoms in total. The lowest BCUT2D eigenvalue weighted by atomic mass is 10.2. The third-order valence-electron chi connectivity index (χ3n) is 3.13. The molecular formula is C16H12Cl2F2N2O6. The molecule has 0 heterocycles. The van der Waals surface area contributed by atoms with Crippen LogP contribution in [0, 0.1) is 21.7 Å². The van der Waals surface area contributed by atoms with Crippen molar-refractivity contribution in [3.8, 4) is 0 Å². The normalized spacial score (nSPS) is 9.79. The van der Waals surface area contributed by atoms with Gasteiger partial charge in [-0.2, -0.15) is 0 Å². The van der Waals surface area contributed by atoms with Crippen LogP contribution in [0.25, 0.3) is 0 Å². The number of carbonyl (C=O) groups is 2. The van der Waals surface area contributed by atoms with Crippen molar-refractivity contribution in [2.75, 3.05) is 20.0 Å². The average Bonchev–Trinajstić information content (AvgIpc) is 2.63. The van der Waals surface area contributed by atoms with Crippen LogP contribution in [0.3, 0.4) is 0 Å². The van der Waals surface area contributed by atoms with E-state index in [1.54, 1.807) is 0 Å². The molecule has 0 aliphatic heterocycles. The van der Waals surface area contributed by atoms with Gasteiger partial charge in [0.25, 0.3) is 5.69 Å². The molecule has 0 aromatic heterocycles. The number of nitro benzene ring substituents is 1. The van der Waals surface area contributed by atoms with Crippen molar-refractivity contribution in [2.24, 2.45) is 0 Å². The highest BCUT2D eigenvalue weighted by atomic mass is 35.5. The molecule has 0 radical (unpaired) electrons. The molecule has 0 aliphatic carbocycles. The Labute approximate surface area is 166 Å². The SMILES string of the molecule is COC(=O)c1cc(N)c(Cl)cc1F.COC(=O)c1cc([N+](=O)[O-])c(Cl)cc1F. The molecule has 0 saturated carbocycles. The van der Waals surface area contributed by atoms with E-state index in [2.05, 4.69) is 9.47 Å². The molecule has 0 spiro atoms. The van der Waals surface area contributed by atoms with Gasteiger partial charge in [0.1, 0.15) is 22.2 Å². The summed E-state index contributed by atoms with van der Waals surface area (Å²) < 4.78 is 34.7. The van der Waals surface area contributed by atoms with Gasteiger partial charge in [0.2, 0.25) is 0 Å². The number of benzene rings is 2. The highest BCUT2D eigenvalue weighted by Crippen LogP contribution is 2.27. The van der Waals surface area contributed by atoms with Crippen LogP contribution in [0.4, 0.5) is 20.2 Å². The Kier molecular flexibility index (Phi) is 8.08. The summed E-state index contributed by atoms with van der Waals surface area (Å²) in [7, 11) is 2.20. The molecule has 0 aliphatic rings. The molecule has 2 aromatic carbocycles. The van der Waals surface area contributed by atoms with Gasteiger partial charge >= 0.3 is 11.9 Å².